The molecule has 2 aliphatic carbocycles. The number of nitrogens with two attached hydrogens (primary N) is 2. The monoisotopic (exact) mass is 602 g/mol. The van der Waals surface area contributed by atoms with Crippen molar-refractivity contribution >= 4 is 46.7 Å². The Kier molecular flexibility index (Phi) is 8.68. The number of aromatic nitrogens is 4. The minimum atomic E-state index is -0.581. The smallest absolute Gasteiger partial charge is 0.275 e. The van der Waals surface area contributed by atoms with Crippen LogP contribution in [0.1, 0.15) is 67.6 Å². The molecule has 0 aliphatic heterocycles. The summed E-state index contributed by atoms with van der Waals surface area (Å²) in [6.07, 6.45) is 9.93. The van der Waals surface area contributed by atoms with Crippen molar-refractivity contribution in [2.45, 2.75) is 38.8 Å². The molecule has 16 nitrogen and oxygen atoms in total. The summed E-state index contributed by atoms with van der Waals surface area (Å²) in [7, 11) is 0. The number of nitrogens with zero attached hydrogens (tertiary/aromatic N) is 4. The van der Waals surface area contributed by atoms with Crippen molar-refractivity contribution in [3.8, 4) is 0 Å². The Bertz CT molecular complexity index is 1500. The van der Waals surface area contributed by atoms with Crippen LogP contribution in [0.15, 0.2) is 36.9 Å². The molecular formula is C28H34N12O4. The summed E-state index contributed by atoms with van der Waals surface area (Å²) in [5.41, 5.74) is 12.0. The second kappa shape index (κ2) is 12.8. The van der Waals surface area contributed by atoms with Crippen molar-refractivity contribution in [3.05, 3.63) is 59.7 Å². The highest BCUT2D eigenvalue weighted by Gasteiger charge is 2.26. The lowest BCUT2D eigenvalue weighted by Gasteiger charge is -2.08. The third kappa shape index (κ3) is 7.84. The normalized spacial score (nSPS) is 14.0. The van der Waals surface area contributed by atoms with Crippen molar-refractivity contribution in [1.29, 1.82) is 10.8 Å². The molecule has 2 aliphatic rings. The van der Waals surface area contributed by atoms with E-state index in [9.17, 15) is 19.2 Å². The maximum Gasteiger partial charge on any atom is 0.275 e. The molecule has 10 N–H and O–H groups in total. The van der Waals surface area contributed by atoms with Crippen molar-refractivity contribution in [3.63, 3.8) is 0 Å². The van der Waals surface area contributed by atoms with Crippen LogP contribution in [-0.2, 0) is 13.1 Å². The van der Waals surface area contributed by atoms with Crippen LogP contribution in [0.25, 0.3) is 0 Å². The van der Waals surface area contributed by atoms with Gasteiger partial charge in [-0.15, -0.1) is 0 Å². The van der Waals surface area contributed by atoms with E-state index < -0.39 is 23.6 Å². The van der Waals surface area contributed by atoms with Crippen molar-refractivity contribution in [2.24, 2.45) is 23.3 Å². The van der Waals surface area contributed by atoms with Crippen LogP contribution in [0.5, 0.6) is 0 Å². The number of rotatable bonds is 14. The first-order valence-electron chi connectivity index (χ1n) is 14.1. The Labute approximate surface area is 252 Å². The fraction of sp³-hybridized carbons (Fsp3) is 0.357. The lowest BCUT2D eigenvalue weighted by atomic mass is 10.3. The maximum atomic E-state index is 12.9. The topological polar surface area (TPSA) is 252 Å². The predicted octanol–water partition coefficient (Wildman–Crippen LogP) is 0.736. The maximum absolute atomic E-state index is 12.9. The third-order valence-corrected chi connectivity index (χ3v) is 7.07. The van der Waals surface area contributed by atoms with Crippen LogP contribution < -0.4 is 32.7 Å². The van der Waals surface area contributed by atoms with E-state index in [1.807, 2.05) is 0 Å². The molecule has 3 heterocycles. The standard InChI is InChI=1S/C28H34N12O4/c29-23(30)9-35-27(43)21-5-17(13-39(21)11-15-1-2-15)37-25(41)19-7-34-20(8-33-19)26(42)38-18-6-22(28(44)36-10-24(31)32)40(14-18)12-16-3-4-16/h5-8,13-16H,1-4,9-12H2,(H3,29,30)(H3,31,32)(H,35,43)(H,36,44)(H,37,41)(H,38,42). The molecule has 0 atom stereocenters. The van der Waals surface area contributed by atoms with Gasteiger partial charge in [0.05, 0.1) is 36.9 Å². The van der Waals surface area contributed by atoms with Gasteiger partial charge >= 0.3 is 0 Å². The summed E-state index contributed by atoms with van der Waals surface area (Å²) in [4.78, 5) is 59.2. The molecule has 2 saturated carbocycles. The Morgan fingerprint density at radius 1 is 0.705 bits per heavy atom. The second-order valence-corrected chi connectivity index (χ2v) is 11.0. The van der Waals surface area contributed by atoms with Crippen LogP contribution >= 0.6 is 0 Å². The van der Waals surface area contributed by atoms with Crippen molar-refractivity contribution in [1.82, 2.24) is 29.7 Å². The van der Waals surface area contributed by atoms with Gasteiger partial charge < -0.3 is 41.9 Å². The number of hydrogen-bond acceptors (Lipinski definition) is 8. The summed E-state index contributed by atoms with van der Waals surface area (Å²) in [6.45, 7) is 1.07. The number of hydrogen-bond donors (Lipinski definition) is 8. The van der Waals surface area contributed by atoms with E-state index in [1.54, 1.807) is 21.5 Å². The molecular weight excluding hydrogens is 568 g/mol. The number of amides is 4. The van der Waals surface area contributed by atoms with E-state index in [4.69, 9.17) is 22.3 Å². The quantitative estimate of drug-likeness (QED) is 0.0962. The van der Waals surface area contributed by atoms with Gasteiger partial charge in [-0.2, -0.15) is 0 Å². The minimum Gasteiger partial charge on any atom is -0.386 e. The molecule has 0 bridgehead atoms. The van der Waals surface area contributed by atoms with Gasteiger partial charge in [-0.3, -0.25) is 30.0 Å². The molecule has 5 rings (SSSR count). The summed E-state index contributed by atoms with van der Waals surface area (Å²) in [5.74, 6) is -1.42. The number of amidine groups is 2. The molecule has 0 saturated heterocycles. The van der Waals surface area contributed by atoms with Crippen LogP contribution in [0.3, 0.4) is 0 Å². The van der Waals surface area contributed by atoms with Crippen LogP contribution in [0.4, 0.5) is 11.4 Å². The summed E-state index contributed by atoms with van der Waals surface area (Å²) in [6, 6.07) is 3.07. The molecule has 0 spiro atoms. The van der Waals surface area contributed by atoms with E-state index in [-0.39, 0.29) is 36.1 Å². The zero-order chi connectivity index (χ0) is 31.4. The Morgan fingerprint density at radius 3 is 1.41 bits per heavy atom. The van der Waals surface area contributed by atoms with Gasteiger partial charge in [0.2, 0.25) is 0 Å². The molecule has 0 aromatic carbocycles. The summed E-state index contributed by atoms with van der Waals surface area (Å²) in [5, 5.41) is 25.2. The first-order chi connectivity index (χ1) is 21.0. The number of carbonyl (C=O) groups is 4. The van der Waals surface area contributed by atoms with E-state index >= 15 is 0 Å². The first kappa shape index (κ1) is 29.9. The number of nitrogens with one attached hydrogen (secondary N) is 6. The van der Waals surface area contributed by atoms with E-state index in [2.05, 4.69) is 31.2 Å². The molecule has 0 radical (unpaired) electrons. The largest absolute Gasteiger partial charge is 0.386 e. The van der Waals surface area contributed by atoms with Crippen molar-refractivity contribution < 1.29 is 19.2 Å². The minimum absolute atomic E-state index is 0.0425. The van der Waals surface area contributed by atoms with Gasteiger partial charge in [-0.25, -0.2) is 9.97 Å². The van der Waals surface area contributed by atoms with Crippen LogP contribution in [-0.4, -0.2) is 67.5 Å². The fourth-order valence-corrected chi connectivity index (χ4v) is 4.48. The lowest BCUT2D eigenvalue weighted by Crippen LogP contribution is -2.34. The average Bonchev–Trinajstić information content (AvgIpc) is 3.90. The van der Waals surface area contributed by atoms with Crippen molar-refractivity contribution in [2.75, 3.05) is 23.7 Å². The van der Waals surface area contributed by atoms with E-state index in [0.717, 1.165) is 25.7 Å². The van der Waals surface area contributed by atoms with Gasteiger partial charge in [0.25, 0.3) is 23.6 Å². The summed E-state index contributed by atoms with van der Waals surface area (Å²) >= 11 is 0. The van der Waals surface area contributed by atoms with Crippen LogP contribution in [0.2, 0.25) is 0 Å². The second-order valence-electron chi connectivity index (χ2n) is 11.0. The Hall–Kier alpha value is -5.54. The molecule has 16 heteroatoms. The molecule has 3 aromatic heterocycles. The summed E-state index contributed by atoms with van der Waals surface area (Å²) < 4.78 is 3.52. The first-order valence-corrected chi connectivity index (χ1v) is 14.1. The highest BCUT2D eigenvalue weighted by atomic mass is 16.2. The van der Waals surface area contributed by atoms with Crippen LogP contribution in [0, 0.1) is 22.7 Å². The zero-order valence-corrected chi connectivity index (χ0v) is 23.9. The molecule has 3 aromatic rings. The molecule has 4 amide bonds. The highest BCUT2D eigenvalue weighted by molar-refractivity contribution is 6.06. The molecule has 230 valence electrons. The van der Waals surface area contributed by atoms with E-state index in [0.29, 0.717) is 47.7 Å². The predicted molar refractivity (Wildman–Crippen MR) is 161 cm³/mol. The van der Waals surface area contributed by atoms with Gasteiger partial charge in [0.15, 0.2) is 0 Å². The molecule has 2 fully saturated rings. The molecule has 0 unspecified atom stereocenters. The third-order valence-electron chi connectivity index (χ3n) is 7.07. The SMILES string of the molecule is N=C(N)CNC(=O)c1cc(NC(=O)c2cnc(C(=O)Nc3cc(C(=O)NCC(=N)N)n(CC4CC4)c3)cn2)cn1CC1CC1. The highest BCUT2D eigenvalue weighted by Crippen LogP contribution is 2.33. The lowest BCUT2D eigenvalue weighted by molar-refractivity contribution is 0.0941. The number of anilines is 2. The van der Waals surface area contributed by atoms with Gasteiger partial charge in [-0.05, 0) is 49.7 Å². The Morgan fingerprint density at radius 2 is 1.09 bits per heavy atom. The molecule has 44 heavy (non-hydrogen) atoms. The zero-order valence-electron chi connectivity index (χ0n) is 23.9. The van der Waals surface area contributed by atoms with Gasteiger partial charge in [0.1, 0.15) is 34.4 Å². The van der Waals surface area contributed by atoms with Gasteiger partial charge in [0, 0.05) is 25.5 Å². The van der Waals surface area contributed by atoms with Gasteiger partial charge in [-0.1, -0.05) is 0 Å². The fourth-order valence-electron chi connectivity index (χ4n) is 4.48. The van der Waals surface area contributed by atoms with E-state index in [1.165, 1.54) is 24.5 Å². The average molecular weight is 603 g/mol. The Balaban J connectivity index is 1.23. The number of carbonyl (C=O) groups excluding carboxylic acids is 4.